The third-order valence-electron chi connectivity index (χ3n) is 11.8. The quantitative estimate of drug-likeness (QED) is 0.0516. The fraction of sp³-hybridized carbons (Fsp3) is 0.837. The highest BCUT2D eigenvalue weighted by atomic mass is 16.6. The number of likely N-dealkylation sites (N-methyl/N-ethyl adjacent to an activating group) is 2. The Morgan fingerprint density at radius 3 is 1.12 bits per heavy atom. The van der Waals surface area contributed by atoms with Gasteiger partial charge in [-0.2, -0.15) is 0 Å². The molecule has 332 valence electrons. The summed E-state index contributed by atoms with van der Waals surface area (Å²) in [6, 6.07) is 5.45. The van der Waals surface area contributed by atoms with Crippen molar-refractivity contribution in [3.8, 4) is 0 Å². The zero-order valence-electron chi connectivity index (χ0n) is 38.8. The molecule has 2 N–H and O–H groups in total. The van der Waals surface area contributed by atoms with Crippen LogP contribution in [0.5, 0.6) is 0 Å². The number of ether oxygens (including phenoxy) is 2. The Hall–Kier alpha value is -2.32. The molecule has 57 heavy (non-hydrogen) atoms. The van der Waals surface area contributed by atoms with Crippen LogP contribution in [0, 0.1) is 6.92 Å². The number of amides is 2. The van der Waals surface area contributed by atoms with Crippen LogP contribution < -0.4 is 10.6 Å². The van der Waals surface area contributed by atoms with Crippen molar-refractivity contribution < 1.29 is 28.0 Å². The molecule has 0 aromatic heterocycles. The van der Waals surface area contributed by atoms with Gasteiger partial charge in [-0.05, 0) is 50.3 Å². The van der Waals surface area contributed by atoms with Crippen LogP contribution in [-0.4, -0.2) is 88.7 Å². The monoisotopic (exact) mass is 803 g/mol. The van der Waals surface area contributed by atoms with Gasteiger partial charge in [-0.3, -0.25) is 10.6 Å². The molecule has 1 aromatic rings. The van der Waals surface area contributed by atoms with Crippen LogP contribution in [0.1, 0.15) is 199 Å². The van der Waals surface area contributed by atoms with Gasteiger partial charge in [-0.25, -0.2) is 9.59 Å². The molecule has 0 aliphatic heterocycles. The van der Waals surface area contributed by atoms with Crippen molar-refractivity contribution >= 4 is 23.6 Å². The second-order valence-electron chi connectivity index (χ2n) is 18.5. The lowest BCUT2D eigenvalue weighted by molar-refractivity contribution is -0.890. The molecule has 8 heteroatoms. The van der Waals surface area contributed by atoms with Gasteiger partial charge in [-0.1, -0.05) is 174 Å². The molecule has 0 spiro atoms. The van der Waals surface area contributed by atoms with E-state index in [0.717, 1.165) is 40.7 Å². The molecular weight excluding hydrogens is 709 g/mol. The van der Waals surface area contributed by atoms with Crippen LogP contribution in [0.25, 0.3) is 0 Å². The lowest BCUT2D eigenvalue weighted by atomic mass is 10.0. The summed E-state index contributed by atoms with van der Waals surface area (Å²) < 4.78 is 12.8. The minimum Gasteiger partial charge on any atom is -0.443 e. The zero-order chi connectivity index (χ0) is 41.9. The molecular formula is C49H94N4O4+2. The molecule has 2 amide bonds. The molecule has 0 unspecified atom stereocenters. The third kappa shape index (κ3) is 32.2. The molecule has 0 saturated heterocycles. The summed E-state index contributed by atoms with van der Waals surface area (Å²) >= 11 is 0. The van der Waals surface area contributed by atoms with E-state index >= 15 is 0 Å². The molecule has 0 bridgehead atoms. The highest BCUT2D eigenvalue weighted by Gasteiger charge is 2.18. The Morgan fingerprint density at radius 1 is 0.456 bits per heavy atom. The Balaban J connectivity index is 2.16. The highest BCUT2D eigenvalue weighted by molar-refractivity contribution is 5.89. The van der Waals surface area contributed by atoms with Gasteiger partial charge >= 0.3 is 12.2 Å². The molecule has 0 aliphatic rings. The number of unbranched alkanes of at least 4 members (excludes halogenated alkanes) is 26. The minimum atomic E-state index is -0.484. The van der Waals surface area contributed by atoms with E-state index in [1.54, 1.807) is 6.07 Å². The lowest BCUT2D eigenvalue weighted by Gasteiger charge is -2.29. The van der Waals surface area contributed by atoms with Crippen molar-refractivity contribution in [2.24, 2.45) is 0 Å². The van der Waals surface area contributed by atoms with Gasteiger partial charge in [0, 0.05) is 11.4 Å². The van der Waals surface area contributed by atoms with Gasteiger partial charge in [0.05, 0.1) is 41.3 Å². The van der Waals surface area contributed by atoms with E-state index in [2.05, 4.69) is 52.7 Å². The summed E-state index contributed by atoms with van der Waals surface area (Å²) in [5.74, 6) is 0. The van der Waals surface area contributed by atoms with Crippen LogP contribution in [-0.2, 0) is 9.47 Å². The van der Waals surface area contributed by atoms with Crippen LogP contribution in [0.2, 0.25) is 0 Å². The van der Waals surface area contributed by atoms with Crippen LogP contribution in [0.15, 0.2) is 18.2 Å². The number of quaternary nitrogens is 2. The van der Waals surface area contributed by atoms with Crippen LogP contribution in [0.4, 0.5) is 21.0 Å². The number of aryl methyl sites for hydroxylation is 1. The van der Waals surface area contributed by atoms with Crippen LogP contribution in [0.3, 0.4) is 0 Å². The number of nitrogens with zero attached hydrogens (tertiary/aromatic N) is 2. The fourth-order valence-corrected chi connectivity index (χ4v) is 7.60. The number of carbonyl (C=O) groups is 2. The van der Waals surface area contributed by atoms with E-state index in [9.17, 15) is 9.59 Å². The summed E-state index contributed by atoms with van der Waals surface area (Å²) in [6.45, 7) is 10.9. The molecule has 0 heterocycles. The maximum atomic E-state index is 12.7. The summed E-state index contributed by atoms with van der Waals surface area (Å²) in [6.07, 6.45) is 37.3. The molecule has 0 saturated carbocycles. The Kier molecular flexibility index (Phi) is 31.9. The SMILES string of the molecule is CCCCCCCCCCCCCCCC[N+](C)(C)CCOC(=O)Nc1ccc(C)c(NC(=O)OCC[N+](C)(C)CCCCCCCCCCCCCCCC)c1. The number of benzene rings is 1. The van der Waals surface area contributed by atoms with Gasteiger partial charge in [0.25, 0.3) is 0 Å². The largest absolute Gasteiger partial charge is 0.443 e. The minimum absolute atomic E-state index is 0.356. The Labute approximate surface area is 353 Å². The van der Waals surface area contributed by atoms with E-state index in [-0.39, 0.29) is 0 Å². The molecule has 0 radical (unpaired) electrons. The van der Waals surface area contributed by atoms with Crippen molar-refractivity contribution in [3.05, 3.63) is 23.8 Å². The van der Waals surface area contributed by atoms with E-state index in [1.165, 1.54) is 180 Å². The average Bonchev–Trinajstić information content (AvgIpc) is 3.16. The van der Waals surface area contributed by atoms with Crippen molar-refractivity contribution in [1.82, 2.24) is 0 Å². The Morgan fingerprint density at radius 2 is 0.772 bits per heavy atom. The smallest absolute Gasteiger partial charge is 0.411 e. The lowest BCUT2D eigenvalue weighted by Crippen LogP contribution is -2.43. The van der Waals surface area contributed by atoms with E-state index < -0.39 is 12.2 Å². The first-order chi connectivity index (χ1) is 27.5. The van der Waals surface area contributed by atoms with Gasteiger partial charge in [0.15, 0.2) is 0 Å². The number of carbonyl (C=O) groups excluding carboxylic acids is 2. The molecule has 0 aliphatic carbocycles. The number of anilines is 2. The fourth-order valence-electron chi connectivity index (χ4n) is 7.60. The number of nitrogens with one attached hydrogen (secondary N) is 2. The van der Waals surface area contributed by atoms with E-state index in [1.807, 2.05) is 19.1 Å². The molecule has 0 fully saturated rings. The van der Waals surface area contributed by atoms with Crippen molar-refractivity contribution in [3.63, 3.8) is 0 Å². The zero-order valence-corrected chi connectivity index (χ0v) is 38.8. The third-order valence-corrected chi connectivity index (χ3v) is 11.8. The molecule has 8 nitrogen and oxygen atoms in total. The van der Waals surface area contributed by atoms with E-state index in [4.69, 9.17) is 9.47 Å². The standard InChI is InChI=1S/C49H92N4O4/c1-8-10-12-14-16-18-20-22-24-26-28-30-32-34-38-52(4,5)40-42-56-48(54)50-46-37-36-45(3)47(44-46)51-49(55)57-43-41-53(6,7)39-35-33-31-29-27-25-23-21-19-17-15-13-11-9-2/h36-37,44H,8-35,38-43H2,1-7H3/p+2. The average molecular weight is 803 g/mol. The Bertz CT molecular complexity index is 1120. The number of hydrogen-bond donors (Lipinski definition) is 2. The van der Waals surface area contributed by atoms with Crippen molar-refractivity contribution in [1.29, 1.82) is 0 Å². The molecule has 0 atom stereocenters. The normalized spacial score (nSPS) is 11.8. The molecule has 1 rings (SSSR count). The summed E-state index contributed by atoms with van der Waals surface area (Å²) in [5.41, 5.74) is 2.07. The summed E-state index contributed by atoms with van der Waals surface area (Å²) in [4.78, 5) is 25.3. The highest BCUT2D eigenvalue weighted by Crippen LogP contribution is 2.21. The first-order valence-corrected chi connectivity index (χ1v) is 24.1. The van der Waals surface area contributed by atoms with Gasteiger partial charge in [0.2, 0.25) is 0 Å². The van der Waals surface area contributed by atoms with Gasteiger partial charge in [0.1, 0.15) is 26.3 Å². The second kappa shape index (κ2) is 34.5. The predicted octanol–water partition coefficient (Wildman–Crippen LogP) is 14.2. The van der Waals surface area contributed by atoms with Crippen LogP contribution >= 0.6 is 0 Å². The maximum Gasteiger partial charge on any atom is 0.411 e. The summed E-state index contributed by atoms with van der Waals surface area (Å²) in [7, 11) is 8.84. The van der Waals surface area contributed by atoms with Gasteiger partial charge < -0.3 is 18.4 Å². The molecule has 1 aromatic carbocycles. The first kappa shape index (κ1) is 52.7. The maximum absolute atomic E-state index is 12.7. The number of hydrogen-bond acceptors (Lipinski definition) is 4. The first-order valence-electron chi connectivity index (χ1n) is 24.1. The van der Waals surface area contributed by atoms with Gasteiger partial charge in [-0.15, -0.1) is 0 Å². The van der Waals surface area contributed by atoms with E-state index in [0.29, 0.717) is 24.6 Å². The second-order valence-corrected chi connectivity index (χ2v) is 18.5. The van der Waals surface area contributed by atoms with Crippen molar-refractivity contribution in [2.45, 2.75) is 201 Å². The number of rotatable bonds is 38. The topological polar surface area (TPSA) is 76.7 Å². The summed E-state index contributed by atoms with van der Waals surface area (Å²) in [5, 5.41) is 5.68. The predicted molar refractivity (Wildman–Crippen MR) is 245 cm³/mol. The van der Waals surface area contributed by atoms with Crippen molar-refractivity contribution in [2.75, 3.05) is 78.2 Å².